The Morgan fingerprint density at radius 3 is 1.44 bits per heavy atom. The van der Waals surface area contributed by atoms with Gasteiger partial charge in [0, 0.05) is 41.5 Å². The molecule has 4 atom stereocenters. The maximum atomic E-state index is 14.4. The highest BCUT2D eigenvalue weighted by Gasteiger charge is 2.64. The number of aryl methyl sites for hydroxylation is 2. The highest BCUT2D eigenvalue weighted by Crippen LogP contribution is 2.52. The number of oxime groups is 4. The first kappa shape index (κ1) is 57.3. The number of benzene rings is 4. The van der Waals surface area contributed by atoms with Gasteiger partial charge in [0.1, 0.15) is 16.9 Å². The van der Waals surface area contributed by atoms with Crippen molar-refractivity contribution in [2.24, 2.45) is 20.6 Å². The third-order valence-corrected chi connectivity index (χ3v) is 13.3. The molecule has 2 amide bonds. The highest BCUT2D eigenvalue weighted by atomic mass is 35.5. The number of imide groups is 1. The van der Waals surface area contributed by atoms with Crippen LogP contribution in [0.25, 0.3) is 0 Å². The average molecular weight is 1180 g/mol. The Kier molecular flexibility index (Phi) is 16.4. The molecule has 4 aliphatic rings. The Morgan fingerprint density at radius 2 is 1.07 bits per heavy atom. The van der Waals surface area contributed by atoms with Crippen molar-refractivity contribution in [1.82, 2.24) is 4.90 Å². The van der Waals surface area contributed by atoms with Crippen molar-refractivity contribution in [3.8, 4) is 0 Å². The van der Waals surface area contributed by atoms with Crippen LogP contribution in [-0.2, 0) is 35.3 Å². The molecule has 0 spiro atoms. The second-order valence-electron chi connectivity index (χ2n) is 18.2. The van der Waals surface area contributed by atoms with Crippen molar-refractivity contribution >= 4 is 109 Å². The van der Waals surface area contributed by atoms with Crippen LogP contribution in [0.3, 0.4) is 0 Å². The van der Waals surface area contributed by atoms with E-state index in [-0.39, 0.29) is 51.5 Å². The summed E-state index contributed by atoms with van der Waals surface area (Å²) in [5.74, 6) is -3.13. The van der Waals surface area contributed by atoms with Crippen molar-refractivity contribution < 1.29 is 73.6 Å². The predicted molar refractivity (Wildman–Crippen MR) is 262 cm³/mol. The SMILES string of the molecule is Cc1cc(C2=NO[C@@](c3cc(Cl)c(F)c(Cl)c3)(C(F)(F)F)C2)ccc1C(=O)CC1CC(Cl)=NO1.Cc1cc(C2=NO[C@@](c3cc(Cl)c(F)c(Cl)c3)(C(F)(F)F)C2)ccc1C(=O)N(C(=O)OC(C)(C)C)C1CC(Cl)=NO1. The van der Waals surface area contributed by atoms with Crippen molar-refractivity contribution in [3.05, 3.63) is 137 Å². The number of Topliss-reactive ketones (excluding diaryl/α,β-unsaturated/α-hetero) is 1. The molecule has 8 rings (SSSR count). The number of alkyl halides is 6. The van der Waals surface area contributed by atoms with Gasteiger partial charge < -0.3 is 24.1 Å². The van der Waals surface area contributed by atoms with Gasteiger partial charge in [-0.05, 0) is 99.3 Å². The Labute approximate surface area is 451 Å². The van der Waals surface area contributed by atoms with E-state index >= 15 is 0 Å². The number of nitrogens with zero attached hydrogens (tertiary/aromatic N) is 5. The van der Waals surface area contributed by atoms with Crippen molar-refractivity contribution in [3.63, 3.8) is 0 Å². The number of halogens is 14. The van der Waals surface area contributed by atoms with Gasteiger partial charge in [-0.2, -0.15) is 26.3 Å². The normalized spacial score (nSPS) is 21.3. The molecule has 4 aromatic carbocycles. The fourth-order valence-electron chi connectivity index (χ4n) is 8.00. The number of ether oxygens (including phenoxy) is 1. The molecule has 75 heavy (non-hydrogen) atoms. The van der Waals surface area contributed by atoms with E-state index in [2.05, 4.69) is 20.6 Å². The van der Waals surface area contributed by atoms with Crippen LogP contribution in [-0.4, -0.2) is 74.7 Å². The van der Waals surface area contributed by atoms with Crippen LogP contribution in [0.4, 0.5) is 39.9 Å². The molecule has 0 N–H and O–H groups in total. The zero-order chi connectivity index (χ0) is 55.3. The molecule has 4 aliphatic heterocycles. The lowest BCUT2D eigenvalue weighted by Gasteiger charge is -2.30. The van der Waals surface area contributed by atoms with Gasteiger partial charge in [-0.3, -0.25) is 9.59 Å². The van der Waals surface area contributed by atoms with Crippen molar-refractivity contribution in [2.45, 2.75) is 108 Å². The van der Waals surface area contributed by atoms with Gasteiger partial charge in [-0.1, -0.05) is 108 Å². The molecule has 0 fully saturated rings. The smallest absolute Gasteiger partial charge is 0.435 e. The van der Waals surface area contributed by atoms with E-state index in [9.17, 15) is 49.5 Å². The lowest BCUT2D eigenvalue weighted by molar-refractivity contribution is -0.276. The molecule has 13 nitrogen and oxygen atoms in total. The van der Waals surface area contributed by atoms with Gasteiger partial charge in [-0.15, -0.1) is 0 Å². The first-order chi connectivity index (χ1) is 34.8. The van der Waals surface area contributed by atoms with Gasteiger partial charge in [0.25, 0.3) is 17.1 Å². The molecule has 0 saturated heterocycles. The van der Waals surface area contributed by atoms with Crippen LogP contribution < -0.4 is 0 Å². The highest BCUT2D eigenvalue weighted by molar-refractivity contribution is 6.65. The minimum absolute atomic E-state index is 0.00435. The van der Waals surface area contributed by atoms with E-state index in [4.69, 9.17) is 93.7 Å². The molecule has 27 heteroatoms. The maximum absolute atomic E-state index is 14.4. The molecule has 2 unspecified atom stereocenters. The largest absolute Gasteiger partial charge is 0.443 e. The summed E-state index contributed by atoms with van der Waals surface area (Å²) >= 11 is 34.6. The molecule has 4 aromatic rings. The van der Waals surface area contributed by atoms with E-state index < -0.39 is 109 Å². The van der Waals surface area contributed by atoms with Gasteiger partial charge >= 0.3 is 18.4 Å². The monoisotopic (exact) mass is 1170 g/mol. The Hall–Kier alpha value is -5.45. The number of carbonyl (C=O) groups is 3. The standard InChI is InChI=1S/C26H22Cl3F4N3O5.C22H15Cl3F4N2O3/c1-12-7-13(18-11-25(41-34-18,26(31,32)33)14-8-16(27)21(30)17(28)9-14)5-6-15(12)22(37)36(20-10-19(29)35-40-20)23(38)39-24(2,3)4;1-10-4-11(2-3-14(10)18(32)7-13-8-19(25)31-33-13)17-9-21(34-30-17,22(27,28)29)12-5-15(23)20(26)16(24)6-12/h5-9,20H,10-11H2,1-4H3;2-6,13H,7-9H2,1H3/t20?,25-;13?,21-/m00/s1. The Bertz CT molecular complexity index is 3070. The van der Waals surface area contributed by atoms with E-state index in [1.54, 1.807) is 33.8 Å². The summed E-state index contributed by atoms with van der Waals surface area (Å²) in [5.41, 5.74) is -6.16. The summed E-state index contributed by atoms with van der Waals surface area (Å²) in [6, 6.07) is 11.8. The van der Waals surface area contributed by atoms with Crippen LogP contribution in [0, 0.1) is 25.5 Å². The second-order valence-corrected chi connectivity index (χ2v) is 20.7. The fraction of sp³-hybridized carbons (Fsp3) is 0.354. The summed E-state index contributed by atoms with van der Waals surface area (Å²) in [6.07, 6.45) is -13.7. The summed E-state index contributed by atoms with van der Waals surface area (Å²) < 4.78 is 119. The summed E-state index contributed by atoms with van der Waals surface area (Å²) in [7, 11) is 0. The van der Waals surface area contributed by atoms with Crippen LogP contribution in [0.15, 0.2) is 81.3 Å². The molecule has 0 radical (unpaired) electrons. The average Bonchev–Trinajstić information content (AvgIpc) is 4.14. The molecule has 400 valence electrons. The Morgan fingerprint density at radius 1 is 0.640 bits per heavy atom. The first-order valence-corrected chi connectivity index (χ1v) is 24.1. The maximum Gasteiger partial charge on any atom is 0.435 e. The van der Waals surface area contributed by atoms with Gasteiger partial charge in [-0.25, -0.2) is 18.5 Å². The molecule has 0 bridgehead atoms. The summed E-state index contributed by atoms with van der Waals surface area (Å²) in [5, 5.41) is 12.5. The van der Waals surface area contributed by atoms with E-state index in [1.165, 1.54) is 37.3 Å². The van der Waals surface area contributed by atoms with Crippen LogP contribution in [0.5, 0.6) is 0 Å². The van der Waals surface area contributed by atoms with E-state index in [0.717, 1.165) is 29.2 Å². The second kappa shape index (κ2) is 21.5. The molecule has 4 heterocycles. The zero-order valence-electron chi connectivity index (χ0n) is 39.3. The topological polar surface area (TPSA) is 150 Å². The summed E-state index contributed by atoms with van der Waals surface area (Å²) in [6.45, 7) is 8.03. The first-order valence-electron chi connectivity index (χ1n) is 21.9. The van der Waals surface area contributed by atoms with Crippen molar-refractivity contribution in [1.29, 1.82) is 0 Å². The third kappa shape index (κ3) is 11.9. The van der Waals surface area contributed by atoms with E-state index in [1.807, 2.05) is 0 Å². The van der Waals surface area contributed by atoms with Crippen LogP contribution in [0.2, 0.25) is 20.1 Å². The number of carbonyl (C=O) groups excluding carboxylic acids is 3. The molecule has 0 aliphatic carbocycles. The number of hydrogen-bond donors (Lipinski definition) is 0. The number of amides is 2. The Balaban J connectivity index is 0.000000222. The van der Waals surface area contributed by atoms with Crippen molar-refractivity contribution in [2.75, 3.05) is 0 Å². The van der Waals surface area contributed by atoms with E-state index in [0.29, 0.717) is 28.7 Å². The zero-order valence-corrected chi connectivity index (χ0v) is 43.8. The molecule has 0 aromatic heterocycles. The van der Waals surface area contributed by atoms with Crippen LogP contribution in [0.1, 0.15) is 107 Å². The number of ketones is 1. The van der Waals surface area contributed by atoms with Crippen LogP contribution >= 0.6 is 69.6 Å². The molecular weight excluding hydrogens is 1140 g/mol. The van der Waals surface area contributed by atoms with Gasteiger partial charge in [0.2, 0.25) is 6.23 Å². The lowest BCUT2D eigenvalue weighted by Crippen LogP contribution is -2.47. The predicted octanol–water partition coefficient (Wildman–Crippen LogP) is 14.6. The molecular formula is C48H37Cl6F8N5O8. The van der Waals surface area contributed by atoms with Gasteiger partial charge in [0.15, 0.2) is 22.6 Å². The third-order valence-electron chi connectivity index (χ3n) is 11.7. The quantitative estimate of drug-likeness (QED) is 0.0913. The number of rotatable bonds is 9. The lowest BCUT2D eigenvalue weighted by atomic mass is 9.86. The minimum atomic E-state index is -4.99. The fourth-order valence-corrected chi connectivity index (χ4v) is 9.36. The van der Waals surface area contributed by atoms with Gasteiger partial charge in [0.05, 0.1) is 44.4 Å². The minimum Gasteiger partial charge on any atom is -0.443 e. The molecule has 0 saturated carbocycles. The number of hydrogen-bond acceptors (Lipinski definition) is 12. The summed E-state index contributed by atoms with van der Waals surface area (Å²) in [4.78, 5) is 60.0.